The van der Waals surface area contributed by atoms with Gasteiger partial charge in [0.05, 0.1) is 19.2 Å². The van der Waals surface area contributed by atoms with Crippen LogP contribution in [-0.2, 0) is 24.2 Å². The zero-order valence-electron chi connectivity index (χ0n) is 17.7. The number of nitrogens with zero attached hydrogens (tertiary/aromatic N) is 5. The Morgan fingerprint density at radius 2 is 2.03 bits per heavy atom. The lowest BCUT2D eigenvalue weighted by Crippen LogP contribution is -2.18. The van der Waals surface area contributed by atoms with Gasteiger partial charge < -0.3 is 15.4 Å². The topological polar surface area (TPSA) is 124 Å². The summed E-state index contributed by atoms with van der Waals surface area (Å²) in [6, 6.07) is 5.09. The van der Waals surface area contributed by atoms with Crippen LogP contribution in [0.5, 0.6) is 5.75 Å². The summed E-state index contributed by atoms with van der Waals surface area (Å²) in [5.41, 5.74) is 0.399. The summed E-state index contributed by atoms with van der Waals surface area (Å²) in [4.78, 5) is 23.6. The monoisotopic (exact) mass is 501 g/mol. The molecule has 2 N–H and O–H groups in total. The Labute approximate surface area is 194 Å². The first-order valence-corrected chi connectivity index (χ1v) is 10.7. The number of hydrogen-bond donors (Lipinski definition) is 2. The van der Waals surface area contributed by atoms with Crippen LogP contribution in [-0.4, -0.2) is 56.6 Å². The van der Waals surface area contributed by atoms with E-state index in [4.69, 9.17) is 0 Å². The Balaban J connectivity index is 1.46. The van der Waals surface area contributed by atoms with Gasteiger partial charge in [-0.3, -0.25) is 9.59 Å². The molecule has 1 atom stereocenters. The molecule has 2 amide bonds. The van der Waals surface area contributed by atoms with E-state index in [1.807, 2.05) is 0 Å². The van der Waals surface area contributed by atoms with Crippen LogP contribution in [0.15, 0.2) is 30.5 Å². The number of anilines is 1. The molecule has 3 rings (SSSR count). The first-order chi connectivity index (χ1) is 16.1. The van der Waals surface area contributed by atoms with Crippen LogP contribution >= 0.6 is 11.3 Å². The van der Waals surface area contributed by atoms with Crippen molar-refractivity contribution in [3.8, 4) is 5.75 Å². The smallest absolute Gasteiger partial charge is 0.406 e. The summed E-state index contributed by atoms with van der Waals surface area (Å²) in [5, 5.41) is 20.7. The highest BCUT2D eigenvalue weighted by molar-refractivity contribution is 7.15. The number of carbonyl (C=O) groups is 2. The van der Waals surface area contributed by atoms with Crippen LogP contribution < -0.4 is 15.4 Å². The largest absolute Gasteiger partial charge is 0.573 e. The van der Waals surface area contributed by atoms with Crippen LogP contribution in [0.4, 0.5) is 22.7 Å². The third-order valence-electron chi connectivity index (χ3n) is 4.26. The highest BCUT2D eigenvalue weighted by Gasteiger charge is 2.31. The van der Waals surface area contributed by atoms with Gasteiger partial charge in [-0.2, -0.15) is 0 Å². The molecule has 10 nitrogen and oxygen atoms in total. The third kappa shape index (κ3) is 7.75. The Kier molecular flexibility index (Phi) is 8.09. The molecule has 0 radical (unpaired) electrons. The fourth-order valence-corrected chi connectivity index (χ4v) is 3.57. The summed E-state index contributed by atoms with van der Waals surface area (Å²) in [6.45, 7) is -0.0937. The summed E-state index contributed by atoms with van der Waals surface area (Å²) >= 11 is 1.06. The molecule has 15 heteroatoms. The Bertz CT molecular complexity index is 1140. The van der Waals surface area contributed by atoms with E-state index in [0.29, 0.717) is 10.6 Å². The molecule has 2 heterocycles. The van der Waals surface area contributed by atoms with Crippen LogP contribution in [0.2, 0.25) is 0 Å². The minimum atomic E-state index is -4.83. The normalized spacial score (nSPS) is 12.3. The Morgan fingerprint density at radius 3 is 2.76 bits per heavy atom. The van der Waals surface area contributed by atoms with E-state index in [-0.39, 0.29) is 36.6 Å². The van der Waals surface area contributed by atoms with Gasteiger partial charge in [-0.25, -0.2) is 9.07 Å². The van der Waals surface area contributed by atoms with Crippen molar-refractivity contribution in [1.29, 1.82) is 0 Å². The number of halogens is 4. The fraction of sp³-hybridized carbons (Fsp3) is 0.368. The number of aromatic nitrogens is 5. The van der Waals surface area contributed by atoms with Gasteiger partial charge in [-0.15, -0.1) is 28.5 Å². The van der Waals surface area contributed by atoms with E-state index in [1.165, 1.54) is 30.1 Å². The highest BCUT2D eigenvalue weighted by atomic mass is 32.1. The zero-order chi connectivity index (χ0) is 24.7. The van der Waals surface area contributed by atoms with Crippen molar-refractivity contribution < 1.29 is 31.9 Å². The SMILES string of the molecule is CNC(=O)c1cn(CC(F)CCc2nnc(NC(=O)Cc3cccc(OC(F)(F)F)c3)s2)nn1. The van der Waals surface area contributed by atoms with Gasteiger partial charge in [0.15, 0.2) is 5.69 Å². The van der Waals surface area contributed by atoms with Crippen molar-refractivity contribution in [2.24, 2.45) is 0 Å². The number of hydrogen-bond acceptors (Lipinski definition) is 8. The predicted molar refractivity (Wildman–Crippen MR) is 112 cm³/mol. The lowest BCUT2D eigenvalue weighted by Gasteiger charge is -2.09. The van der Waals surface area contributed by atoms with E-state index < -0.39 is 30.1 Å². The first-order valence-electron chi connectivity index (χ1n) is 9.84. The number of nitrogens with one attached hydrogen (secondary N) is 2. The second-order valence-electron chi connectivity index (χ2n) is 6.96. The molecule has 0 fully saturated rings. The molecule has 1 unspecified atom stereocenters. The number of carbonyl (C=O) groups excluding carboxylic acids is 2. The van der Waals surface area contributed by atoms with Crippen molar-refractivity contribution in [3.63, 3.8) is 0 Å². The second kappa shape index (κ2) is 11.0. The predicted octanol–water partition coefficient (Wildman–Crippen LogP) is 2.54. The first kappa shape index (κ1) is 25.0. The number of alkyl halides is 4. The Morgan fingerprint density at radius 1 is 1.24 bits per heavy atom. The molecule has 0 aliphatic rings. The van der Waals surface area contributed by atoms with Crippen molar-refractivity contribution in [1.82, 2.24) is 30.5 Å². The summed E-state index contributed by atoms with van der Waals surface area (Å²) in [6.07, 6.45) is -4.62. The maximum atomic E-state index is 14.3. The van der Waals surface area contributed by atoms with Gasteiger partial charge >= 0.3 is 6.36 Å². The van der Waals surface area contributed by atoms with Crippen molar-refractivity contribution in [3.05, 3.63) is 46.7 Å². The van der Waals surface area contributed by atoms with E-state index in [0.717, 1.165) is 23.5 Å². The number of amides is 2. The number of aryl methyl sites for hydroxylation is 1. The van der Waals surface area contributed by atoms with Crippen molar-refractivity contribution in [2.75, 3.05) is 12.4 Å². The average molecular weight is 501 g/mol. The molecule has 0 saturated heterocycles. The third-order valence-corrected chi connectivity index (χ3v) is 5.16. The minimum Gasteiger partial charge on any atom is -0.406 e. The number of ether oxygens (including phenoxy) is 1. The standard InChI is InChI=1S/C19H19F4N7O3S/c1-24-17(32)14-10-30(29-26-14)9-12(20)5-6-16-27-28-18(34-16)25-15(31)8-11-3-2-4-13(7-11)33-19(21,22)23/h2-4,7,10,12H,5-6,8-9H2,1H3,(H,24,32)(H,25,28,31). The molecule has 0 saturated carbocycles. The summed E-state index contributed by atoms with van der Waals surface area (Å²) in [5.74, 6) is -1.35. The van der Waals surface area contributed by atoms with Gasteiger partial charge in [0.2, 0.25) is 11.0 Å². The number of rotatable bonds is 10. The van der Waals surface area contributed by atoms with Crippen molar-refractivity contribution in [2.45, 2.75) is 38.3 Å². The van der Waals surface area contributed by atoms with E-state index in [2.05, 4.69) is 35.9 Å². The Hall–Kier alpha value is -3.62. The number of benzene rings is 1. The van der Waals surface area contributed by atoms with Gasteiger partial charge in [0.1, 0.15) is 16.9 Å². The molecule has 182 valence electrons. The summed E-state index contributed by atoms with van der Waals surface area (Å²) in [7, 11) is 1.45. The molecule has 0 spiro atoms. The summed E-state index contributed by atoms with van der Waals surface area (Å²) < 4.78 is 56.3. The van der Waals surface area contributed by atoms with Crippen LogP contribution in [0, 0.1) is 0 Å². The molecule has 0 aliphatic carbocycles. The van der Waals surface area contributed by atoms with Crippen molar-refractivity contribution >= 4 is 28.3 Å². The van der Waals surface area contributed by atoms with Gasteiger partial charge in [0, 0.05) is 13.5 Å². The average Bonchev–Trinajstić information content (AvgIpc) is 3.40. The quantitative estimate of drug-likeness (QED) is 0.409. The maximum absolute atomic E-state index is 14.3. The highest BCUT2D eigenvalue weighted by Crippen LogP contribution is 2.24. The van der Waals surface area contributed by atoms with E-state index in [9.17, 15) is 27.2 Å². The molecule has 0 bridgehead atoms. The van der Waals surface area contributed by atoms with E-state index in [1.54, 1.807) is 0 Å². The zero-order valence-corrected chi connectivity index (χ0v) is 18.5. The molecular weight excluding hydrogens is 482 g/mol. The van der Waals surface area contributed by atoms with Gasteiger partial charge in [-0.1, -0.05) is 28.7 Å². The molecule has 1 aromatic carbocycles. The molecular formula is C19H19F4N7O3S. The fourth-order valence-electron chi connectivity index (χ4n) is 2.80. The second-order valence-corrected chi connectivity index (χ2v) is 8.02. The maximum Gasteiger partial charge on any atom is 0.573 e. The van der Waals surface area contributed by atoms with Crippen LogP contribution in [0.3, 0.4) is 0 Å². The van der Waals surface area contributed by atoms with Gasteiger partial charge in [0.25, 0.3) is 5.91 Å². The van der Waals surface area contributed by atoms with Gasteiger partial charge in [-0.05, 0) is 24.1 Å². The minimum absolute atomic E-state index is 0.0822. The lowest BCUT2D eigenvalue weighted by atomic mass is 10.1. The molecule has 34 heavy (non-hydrogen) atoms. The van der Waals surface area contributed by atoms with Crippen LogP contribution in [0.1, 0.15) is 27.5 Å². The lowest BCUT2D eigenvalue weighted by molar-refractivity contribution is -0.274. The molecule has 3 aromatic rings. The molecule has 0 aliphatic heterocycles. The van der Waals surface area contributed by atoms with E-state index >= 15 is 0 Å². The molecule has 2 aromatic heterocycles. The van der Waals surface area contributed by atoms with Crippen LogP contribution in [0.25, 0.3) is 0 Å².